The summed E-state index contributed by atoms with van der Waals surface area (Å²) in [4.78, 5) is 25.5. The van der Waals surface area contributed by atoms with Crippen LogP contribution in [0.15, 0.2) is 0 Å². The highest BCUT2D eigenvalue weighted by atomic mass is 16.6. The van der Waals surface area contributed by atoms with E-state index in [-0.39, 0.29) is 24.1 Å². The van der Waals surface area contributed by atoms with Crippen LogP contribution in [0.4, 0.5) is 4.79 Å². The van der Waals surface area contributed by atoms with E-state index >= 15 is 0 Å². The molecule has 1 heterocycles. The fourth-order valence-electron chi connectivity index (χ4n) is 2.28. The van der Waals surface area contributed by atoms with E-state index in [1.165, 1.54) is 0 Å². The number of hydrogen-bond acceptors (Lipinski definition) is 4. The van der Waals surface area contributed by atoms with Crippen LogP contribution in [0, 0.1) is 0 Å². The van der Waals surface area contributed by atoms with Crippen molar-refractivity contribution in [2.45, 2.75) is 65.1 Å². The Morgan fingerprint density at radius 1 is 1.24 bits per heavy atom. The van der Waals surface area contributed by atoms with E-state index < -0.39 is 5.60 Å². The van der Waals surface area contributed by atoms with Crippen molar-refractivity contribution < 1.29 is 14.3 Å². The molecule has 1 aliphatic heterocycles. The molecule has 0 aromatic heterocycles. The Morgan fingerprint density at radius 3 is 2.29 bits per heavy atom. The minimum absolute atomic E-state index is 0.0588. The number of ether oxygens (including phenoxy) is 1. The van der Waals surface area contributed by atoms with Gasteiger partial charge in [0.1, 0.15) is 5.60 Å². The largest absolute Gasteiger partial charge is 0.444 e. The van der Waals surface area contributed by atoms with Crippen molar-refractivity contribution in [1.29, 1.82) is 0 Å². The summed E-state index contributed by atoms with van der Waals surface area (Å²) in [5.74, 6) is 0.0588. The molecular formula is C15H29N3O3. The van der Waals surface area contributed by atoms with Crippen LogP contribution in [0.5, 0.6) is 0 Å². The average molecular weight is 299 g/mol. The molecule has 21 heavy (non-hydrogen) atoms. The molecule has 1 aliphatic rings. The zero-order valence-electron chi connectivity index (χ0n) is 13.9. The van der Waals surface area contributed by atoms with Gasteiger partial charge in [0.15, 0.2) is 0 Å². The van der Waals surface area contributed by atoms with Gasteiger partial charge in [0.25, 0.3) is 0 Å². The molecule has 0 saturated carbocycles. The molecule has 0 atom stereocenters. The number of carbonyl (C=O) groups is 2. The SMILES string of the molecule is CC(C)NC(=O)CN1CCC(NC(=O)OC(C)(C)C)CC1. The molecule has 0 unspecified atom stereocenters. The Labute approximate surface area is 127 Å². The first-order chi connectivity index (χ1) is 9.65. The van der Waals surface area contributed by atoms with Gasteiger partial charge in [-0.15, -0.1) is 0 Å². The smallest absolute Gasteiger partial charge is 0.407 e. The van der Waals surface area contributed by atoms with Gasteiger partial charge in [0.05, 0.1) is 6.54 Å². The number of alkyl carbamates (subject to hydrolysis) is 1. The normalized spacial score (nSPS) is 17.6. The van der Waals surface area contributed by atoms with Gasteiger partial charge in [0, 0.05) is 25.2 Å². The van der Waals surface area contributed by atoms with Crippen molar-refractivity contribution in [3.8, 4) is 0 Å². The summed E-state index contributed by atoms with van der Waals surface area (Å²) < 4.78 is 5.25. The number of amides is 2. The fraction of sp³-hybridized carbons (Fsp3) is 0.867. The van der Waals surface area contributed by atoms with Crippen molar-refractivity contribution in [2.75, 3.05) is 19.6 Å². The Kier molecular flexibility index (Phi) is 6.45. The Hall–Kier alpha value is -1.30. The molecule has 0 bridgehead atoms. The minimum Gasteiger partial charge on any atom is -0.444 e. The van der Waals surface area contributed by atoms with E-state index in [9.17, 15) is 9.59 Å². The Balaban J connectivity index is 2.26. The number of rotatable bonds is 4. The monoisotopic (exact) mass is 299 g/mol. The van der Waals surface area contributed by atoms with Gasteiger partial charge in [-0.25, -0.2) is 4.79 Å². The van der Waals surface area contributed by atoms with Gasteiger partial charge >= 0.3 is 6.09 Å². The van der Waals surface area contributed by atoms with Crippen LogP contribution in [0.25, 0.3) is 0 Å². The first kappa shape index (κ1) is 17.8. The van der Waals surface area contributed by atoms with E-state index in [4.69, 9.17) is 4.74 Å². The summed E-state index contributed by atoms with van der Waals surface area (Å²) in [5.41, 5.74) is -0.473. The Bertz CT molecular complexity index is 356. The maximum absolute atomic E-state index is 11.7. The number of nitrogens with zero attached hydrogens (tertiary/aromatic N) is 1. The summed E-state index contributed by atoms with van der Waals surface area (Å²) in [6, 6.07) is 0.299. The first-order valence-corrected chi connectivity index (χ1v) is 7.67. The van der Waals surface area contributed by atoms with E-state index in [1.54, 1.807) is 0 Å². The molecule has 6 nitrogen and oxygen atoms in total. The molecule has 0 aliphatic carbocycles. The molecule has 1 fully saturated rings. The molecule has 1 saturated heterocycles. The van der Waals surface area contributed by atoms with Gasteiger partial charge in [-0.05, 0) is 47.5 Å². The van der Waals surface area contributed by atoms with Crippen molar-refractivity contribution in [2.24, 2.45) is 0 Å². The highest BCUT2D eigenvalue weighted by Gasteiger charge is 2.24. The zero-order chi connectivity index (χ0) is 16.0. The number of hydrogen-bond donors (Lipinski definition) is 2. The standard InChI is InChI=1S/C15H29N3O3/c1-11(2)16-13(19)10-18-8-6-12(7-9-18)17-14(20)21-15(3,4)5/h11-12H,6-10H2,1-5H3,(H,16,19)(H,17,20). The minimum atomic E-state index is -0.473. The number of likely N-dealkylation sites (tertiary alicyclic amines) is 1. The highest BCUT2D eigenvalue weighted by Crippen LogP contribution is 2.12. The third-order valence-electron chi connectivity index (χ3n) is 3.13. The summed E-state index contributed by atoms with van der Waals surface area (Å²) in [6.07, 6.45) is 1.32. The molecule has 0 aromatic rings. The zero-order valence-corrected chi connectivity index (χ0v) is 13.9. The second kappa shape index (κ2) is 7.64. The van der Waals surface area contributed by atoms with E-state index in [0.717, 1.165) is 25.9 Å². The molecule has 6 heteroatoms. The lowest BCUT2D eigenvalue weighted by molar-refractivity contribution is -0.123. The first-order valence-electron chi connectivity index (χ1n) is 7.67. The van der Waals surface area contributed by atoms with E-state index in [1.807, 2.05) is 34.6 Å². The van der Waals surface area contributed by atoms with Gasteiger partial charge in [-0.3, -0.25) is 9.69 Å². The Morgan fingerprint density at radius 2 is 1.81 bits per heavy atom. The van der Waals surface area contributed by atoms with E-state index in [0.29, 0.717) is 6.54 Å². The molecule has 2 amide bonds. The fourth-order valence-corrected chi connectivity index (χ4v) is 2.28. The maximum atomic E-state index is 11.7. The van der Waals surface area contributed by atoms with Gasteiger partial charge in [-0.1, -0.05) is 0 Å². The lowest BCUT2D eigenvalue weighted by Gasteiger charge is -2.32. The van der Waals surface area contributed by atoms with Crippen molar-refractivity contribution in [1.82, 2.24) is 15.5 Å². The van der Waals surface area contributed by atoms with Crippen LogP contribution in [-0.2, 0) is 9.53 Å². The summed E-state index contributed by atoms with van der Waals surface area (Å²) >= 11 is 0. The van der Waals surface area contributed by atoms with Crippen LogP contribution < -0.4 is 10.6 Å². The third kappa shape index (κ3) is 7.90. The molecule has 1 rings (SSSR count). The van der Waals surface area contributed by atoms with Crippen molar-refractivity contribution in [3.63, 3.8) is 0 Å². The van der Waals surface area contributed by atoms with Gasteiger partial charge < -0.3 is 15.4 Å². The number of carbonyl (C=O) groups excluding carboxylic acids is 2. The van der Waals surface area contributed by atoms with Crippen molar-refractivity contribution >= 4 is 12.0 Å². The topological polar surface area (TPSA) is 70.7 Å². The molecular weight excluding hydrogens is 270 g/mol. The summed E-state index contributed by atoms with van der Waals surface area (Å²) in [6.45, 7) is 11.5. The van der Waals surface area contributed by atoms with Crippen LogP contribution in [0.1, 0.15) is 47.5 Å². The van der Waals surface area contributed by atoms with Crippen molar-refractivity contribution in [3.05, 3.63) is 0 Å². The molecule has 2 N–H and O–H groups in total. The summed E-state index contributed by atoms with van der Waals surface area (Å²) in [5, 5.41) is 5.78. The van der Waals surface area contributed by atoms with Gasteiger partial charge in [0.2, 0.25) is 5.91 Å². The summed E-state index contributed by atoms with van der Waals surface area (Å²) in [7, 11) is 0. The number of nitrogens with one attached hydrogen (secondary N) is 2. The second-order valence-electron chi connectivity index (χ2n) is 6.92. The quantitative estimate of drug-likeness (QED) is 0.825. The third-order valence-corrected chi connectivity index (χ3v) is 3.13. The lowest BCUT2D eigenvalue weighted by Crippen LogP contribution is -2.48. The van der Waals surface area contributed by atoms with Gasteiger partial charge in [-0.2, -0.15) is 0 Å². The molecule has 0 radical (unpaired) electrons. The predicted molar refractivity (Wildman–Crippen MR) is 82.1 cm³/mol. The highest BCUT2D eigenvalue weighted by molar-refractivity contribution is 5.78. The molecule has 0 spiro atoms. The predicted octanol–water partition coefficient (Wildman–Crippen LogP) is 1.50. The number of piperidine rings is 1. The second-order valence-corrected chi connectivity index (χ2v) is 6.92. The van der Waals surface area contributed by atoms with Crippen LogP contribution in [-0.4, -0.2) is 54.2 Å². The average Bonchev–Trinajstić information content (AvgIpc) is 2.27. The maximum Gasteiger partial charge on any atom is 0.407 e. The lowest BCUT2D eigenvalue weighted by atomic mass is 10.1. The molecule has 0 aromatic carbocycles. The van der Waals surface area contributed by atoms with E-state index in [2.05, 4.69) is 15.5 Å². The van der Waals surface area contributed by atoms with Crippen LogP contribution >= 0.6 is 0 Å². The van der Waals surface area contributed by atoms with Crippen LogP contribution in [0.2, 0.25) is 0 Å². The van der Waals surface area contributed by atoms with Crippen LogP contribution in [0.3, 0.4) is 0 Å². The molecule has 122 valence electrons.